The summed E-state index contributed by atoms with van der Waals surface area (Å²) in [5.74, 6) is 0. The van der Waals surface area contributed by atoms with E-state index in [9.17, 15) is 15.3 Å². The minimum Gasteiger partial charge on any atom is -0.388 e. The minimum absolute atomic E-state index is 0.433. The van der Waals surface area contributed by atoms with Crippen LogP contribution in [0.1, 0.15) is 71.1 Å². The molecule has 1 aliphatic heterocycles. The number of hydrogen-bond acceptors (Lipinski definition) is 6. The lowest BCUT2D eigenvalue weighted by Crippen LogP contribution is -2.60. The molecule has 0 bridgehead atoms. The van der Waals surface area contributed by atoms with E-state index in [4.69, 9.17) is 9.47 Å². The lowest BCUT2D eigenvalue weighted by molar-refractivity contribution is -0.288. The lowest BCUT2D eigenvalue weighted by Gasteiger charge is -2.39. The van der Waals surface area contributed by atoms with Gasteiger partial charge >= 0.3 is 0 Å². The van der Waals surface area contributed by atoms with Crippen LogP contribution in [0.15, 0.2) is 0 Å². The van der Waals surface area contributed by atoms with Crippen molar-refractivity contribution in [2.75, 3.05) is 20.2 Å². The predicted molar refractivity (Wildman–Crippen MR) is 98.4 cm³/mol. The summed E-state index contributed by atoms with van der Waals surface area (Å²) in [5, 5.41) is 32.8. The monoisotopic (exact) mass is 361 g/mol. The molecule has 1 heterocycles. The van der Waals surface area contributed by atoms with Gasteiger partial charge in [0.1, 0.15) is 24.4 Å². The second-order valence-electron chi connectivity index (χ2n) is 7.14. The first-order chi connectivity index (χ1) is 12.1. The maximum atomic E-state index is 9.97. The van der Waals surface area contributed by atoms with Gasteiger partial charge in [-0.25, -0.2) is 0 Å². The van der Waals surface area contributed by atoms with Crippen LogP contribution in [0.4, 0.5) is 0 Å². The molecule has 0 aliphatic carbocycles. The van der Waals surface area contributed by atoms with Crippen LogP contribution in [0.2, 0.25) is 0 Å². The third-order valence-electron chi connectivity index (χ3n) is 4.95. The Bertz CT molecular complexity index is 316. The predicted octanol–water partition coefficient (Wildman–Crippen LogP) is 1.95. The largest absolute Gasteiger partial charge is 0.388 e. The van der Waals surface area contributed by atoms with Crippen LogP contribution in [0.3, 0.4) is 0 Å². The first-order valence-corrected chi connectivity index (χ1v) is 10.0. The maximum Gasteiger partial charge on any atom is 0.186 e. The van der Waals surface area contributed by atoms with E-state index in [1.54, 1.807) is 0 Å². The normalized spacial score (nSPS) is 29.9. The zero-order valence-electron chi connectivity index (χ0n) is 16.0. The van der Waals surface area contributed by atoms with Crippen molar-refractivity contribution in [3.63, 3.8) is 0 Å². The van der Waals surface area contributed by atoms with E-state index < -0.39 is 30.7 Å². The molecule has 5 atom stereocenters. The molecule has 0 aromatic heterocycles. The van der Waals surface area contributed by atoms with Crippen LogP contribution >= 0.6 is 0 Å². The molecule has 0 aromatic rings. The van der Waals surface area contributed by atoms with Crippen molar-refractivity contribution in [1.82, 2.24) is 5.32 Å². The van der Waals surface area contributed by atoms with Crippen molar-refractivity contribution >= 4 is 0 Å². The SMILES string of the molecule is CCCCCCCCCCCCNC[C@H]1O[C@H](OC)[C@H](O)[C@@H](O)[C@@H]1O. The van der Waals surface area contributed by atoms with Crippen molar-refractivity contribution in [2.24, 2.45) is 0 Å². The quantitative estimate of drug-likeness (QED) is 0.354. The fourth-order valence-electron chi connectivity index (χ4n) is 3.26. The van der Waals surface area contributed by atoms with Gasteiger partial charge in [0, 0.05) is 13.7 Å². The fourth-order valence-corrected chi connectivity index (χ4v) is 3.26. The topological polar surface area (TPSA) is 91.2 Å². The summed E-state index contributed by atoms with van der Waals surface area (Å²) >= 11 is 0. The van der Waals surface area contributed by atoms with Gasteiger partial charge < -0.3 is 30.1 Å². The number of rotatable bonds is 14. The van der Waals surface area contributed by atoms with Crippen LogP contribution in [0.5, 0.6) is 0 Å². The first kappa shape index (κ1) is 22.8. The van der Waals surface area contributed by atoms with Crippen LogP contribution < -0.4 is 5.32 Å². The summed E-state index contributed by atoms with van der Waals surface area (Å²) in [6.07, 6.45) is 7.97. The number of aliphatic hydroxyl groups is 3. The van der Waals surface area contributed by atoms with E-state index in [0.29, 0.717) is 6.54 Å². The molecule has 6 heteroatoms. The molecule has 0 amide bonds. The highest BCUT2D eigenvalue weighted by molar-refractivity contribution is 4.89. The average Bonchev–Trinajstić information content (AvgIpc) is 2.62. The molecule has 1 aliphatic rings. The Morgan fingerprint density at radius 2 is 1.36 bits per heavy atom. The van der Waals surface area contributed by atoms with Crippen molar-refractivity contribution < 1.29 is 24.8 Å². The highest BCUT2D eigenvalue weighted by atomic mass is 16.7. The van der Waals surface area contributed by atoms with E-state index in [-0.39, 0.29) is 0 Å². The minimum atomic E-state index is -1.25. The summed E-state index contributed by atoms with van der Waals surface area (Å²) in [7, 11) is 1.41. The summed E-state index contributed by atoms with van der Waals surface area (Å²) in [6, 6.07) is 0. The van der Waals surface area contributed by atoms with Crippen molar-refractivity contribution in [2.45, 2.75) is 102 Å². The van der Waals surface area contributed by atoms with E-state index >= 15 is 0 Å². The Morgan fingerprint density at radius 3 is 1.92 bits per heavy atom. The number of nitrogens with one attached hydrogen (secondary N) is 1. The van der Waals surface area contributed by atoms with Gasteiger partial charge in [0.25, 0.3) is 0 Å². The summed E-state index contributed by atoms with van der Waals surface area (Å²) < 4.78 is 10.5. The molecule has 4 N–H and O–H groups in total. The molecule has 6 nitrogen and oxygen atoms in total. The lowest BCUT2D eigenvalue weighted by atomic mass is 9.99. The number of methoxy groups -OCH3 is 1. The van der Waals surface area contributed by atoms with Crippen LogP contribution in [-0.2, 0) is 9.47 Å². The van der Waals surface area contributed by atoms with E-state index in [0.717, 1.165) is 13.0 Å². The van der Waals surface area contributed by atoms with Crippen LogP contribution in [-0.4, -0.2) is 66.2 Å². The highest BCUT2D eigenvalue weighted by Crippen LogP contribution is 2.21. The van der Waals surface area contributed by atoms with Gasteiger partial charge in [-0.05, 0) is 13.0 Å². The van der Waals surface area contributed by atoms with Crippen molar-refractivity contribution in [1.29, 1.82) is 0 Å². The van der Waals surface area contributed by atoms with Crippen LogP contribution in [0, 0.1) is 0 Å². The summed E-state index contributed by atoms with van der Waals surface area (Å²) in [4.78, 5) is 0. The first-order valence-electron chi connectivity index (χ1n) is 10.0. The van der Waals surface area contributed by atoms with Gasteiger partial charge in [-0.3, -0.25) is 0 Å². The third-order valence-corrected chi connectivity index (χ3v) is 4.95. The number of unbranched alkanes of at least 4 members (excludes halogenated alkanes) is 9. The van der Waals surface area contributed by atoms with Gasteiger partial charge in [-0.1, -0.05) is 64.7 Å². The molecule has 0 aromatic carbocycles. The number of aliphatic hydroxyl groups excluding tert-OH is 3. The Kier molecular flexibility index (Phi) is 12.7. The molecular weight excluding hydrogens is 322 g/mol. The molecular formula is C19H39NO5. The average molecular weight is 362 g/mol. The molecule has 25 heavy (non-hydrogen) atoms. The van der Waals surface area contributed by atoms with Crippen LogP contribution in [0.25, 0.3) is 0 Å². The Morgan fingerprint density at radius 1 is 0.800 bits per heavy atom. The zero-order valence-corrected chi connectivity index (χ0v) is 16.0. The summed E-state index contributed by atoms with van der Waals surface area (Å²) in [5.41, 5.74) is 0. The number of hydrogen-bond donors (Lipinski definition) is 4. The highest BCUT2D eigenvalue weighted by Gasteiger charge is 2.43. The third kappa shape index (κ3) is 8.80. The molecule has 1 fully saturated rings. The van der Waals surface area contributed by atoms with Gasteiger partial charge in [-0.2, -0.15) is 0 Å². The van der Waals surface area contributed by atoms with Gasteiger partial charge in [0.05, 0.1) is 0 Å². The summed E-state index contributed by atoms with van der Waals surface area (Å²) in [6.45, 7) is 3.54. The van der Waals surface area contributed by atoms with Gasteiger partial charge in [0.15, 0.2) is 6.29 Å². The second kappa shape index (κ2) is 13.9. The standard InChI is InChI=1S/C19H39NO5/c1-3-4-5-6-7-8-9-10-11-12-13-20-14-15-16(21)17(22)18(23)19(24-2)25-15/h15-23H,3-14H2,1-2H3/t15-,16-,17+,18-,19+/m1/s1. The fraction of sp³-hybridized carbons (Fsp3) is 1.00. The van der Waals surface area contributed by atoms with E-state index in [1.807, 2.05) is 0 Å². The van der Waals surface area contributed by atoms with Gasteiger partial charge in [-0.15, -0.1) is 0 Å². The molecule has 1 rings (SSSR count). The molecule has 0 unspecified atom stereocenters. The maximum absolute atomic E-state index is 9.97. The molecule has 0 saturated carbocycles. The van der Waals surface area contributed by atoms with Gasteiger partial charge in [0.2, 0.25) is 0 Å². The van der Waals surface area contributed by atoms with E-state index in [2.05, 4.69) is 12.2 Å². The molecule has 0 spiro atoms. The second-order valence-corrected chi connectivity index (χ2v) is 7.14. The van der Waals surface area contributed by atoms with E-state index in [1.165, 1.54) is 64.9 Å². The van der Waals surface area contributed by atoms with Crippen molar-refractivity contribution in [3.8, 4) is 0 Å². The Hall–Kier alpha value is -0.240. The van der Waals surface area contributed by atoms with Crippen molar-refractivity contribution in [3.05, 3.63) is 0 Å². The Balaban J connectivity index is 1.99. The molecule has 150 valence electrons. The molecule has 0 radical (unpaired) electrons. The molecule has 1 saturated heterocycles. The zero-order chi connectivity index (χ0) is 18.5. The number of ether oxygens (including phenoxy) is 2. The smallest absolute Gasteiger partial charge is 0.186 e. The Labute approximate surface area is 152 Å².